The number of carbonyl (C=O) groups is 1. The molecule has 0 radical (unpaired) electrons. The number of nitrogens with two attached hydrogens (primary N) is 1. The van der Waals surface area contributed by atoms with Crippen LogP contribution >= 0.6 is 24.2 Å². The summed E-state index contributed by atoms with van der Waals surface area (Å²) < 4.78 is 0. The van der Waals surface area contributed by atoms with Crippen LogP contribution in [0.15, 0.2) is 0 Å². The number of halogens is 1. The van der Waals surface area contributed by atoms with Crippen molar-refractivity contribution in [3.8, 4) is 0 Å². The molecule has 0 bridgehead atoms. The summed E-state index contributed by atoms with van der Waals surface area (Å²) in [5.41, 5.74) is 5.87. The molecule has 2 N–H and O–H groups in total. The van der Waals surface area contributed by atoms with Gasteiger partial charge in [0.2, 0.25) is 5.91 Å². The second-order valence-corrected chi connectivity index (χ2v) is 6.00. The van der Waals surface area contributed by atoms with Crippen LogP contribution in [0.3, 0.4) is 0 Å². The van der Waals surface area contributed by atoms with Crippen molar-refractivity contribution in [1.29, 1.82) is 0 Å². The molecule has 16 heavy (non-hydrogen) atoms. The predicted molar refractivity (Wildman–Crippen MR) is 71.1 cm³/mol. The van der Waals surface area contributed by atoms with Gasteiger partial charge in [-0.15, -0.1) is 24.2 Å². The molecule has 5 heteroatoms. The smallest absolute Gasteiger partial charge is 0.235 e. The first-order chi connectivity index (χ1) is 7.18. The Morgan fingerprint density at radius 1 is 1.50 bits per heavy atom. The van der Waals surface area contributed by atoms with Gasteiger partial charge in [0, 0.05) is 19.1 Å². The van der Waals surface area contributed by atoms with E-state index in [0.29, 0.717) is 11.8 Å². The zero-order chi connectivity index (χ0) is 10.8. The lowest BCUT2D eigenvalue weighted by Crippen LogP contribution is -2.37. The Morgan fingerprint density at radius 2 is 2.25 bits per heavy atom. The standard InChI is InChI=1S/C11H20N2OS.ClH/c1-8(12)9-4-5-13(7-9)11(14)10-3-2-6-15-10;/h8-10H,2-7,12H2,1H3;1H. The largest absolute Gasteiger partial charge is 0.341 e. The minimum absolute atomic E-state index is 0. The van der Waals surface area contributed by atoms with Gasteiger partial charge in [-0.25, -0.2) is 0 Å². The van der Waals surface area contributed by atoms with Gasteiger partial charge < -0.3 is 10.6 Å². The summed E-state index contributed by atoms with van der Waals surface area (Å²) in [5.74, 6) is 2.03. The fourth-order valence-corrected chi connectivity index (χ4v) is 3.64. The first-order valence-electron chi connectivity index (χ1n) is 5.84. The van der Waals surface area contributed by atoms with Crippen LogP contribution in [0.1, 0.15) is 26.2 Å². The highest BCUT2D eigenvalue weighted by atomic mass is 35.5. The highest BCUT2D eigenvalue weighted by Crippen LogP contribution is 2.29. The molecule has 2 aliphatic heterocycles. The van der Waals surface area contributed by atoms with Gasteiger partial charge in [-0.05, 0) is 37.9 Å². The van der Waals surface area contributed by atoms with Crippen LogP contribution in [0.4, 0.5) is 0 Å². The first-order valence-corrected chi connectivity index (χ1v) is 6.89. The Balaban J connectivity index is 0.00000128. The van der Waals surface area contributed by atoms with Crippen LogP contribution in [0, 0.1) is 5.92 Å². The zero-order valence-corrected chi connectivity index (χ0v) is 11.4. The van der Waals surface area contributed by atoms with Crippen molar-refractivity contribution < 1.29 is 4.79 Å². The number of likely N-dealkylation sites (tertiary alicyclic amines) is 1. The summed E-state index contributed by atoms with van der Waals surface area (Å²) >= 11 is 1.82. The number of nitrogens with zero attached hydrogens (tertiary/aromatic N) is 1. The summed E-state index contributed by atoms with van der Waals surface area (Å²) in [5, 5.41) is 0.247. The third-order valence-electron chi connectivity index (χ3n) is 3.49. The molecule has 2 rings (SSSR count). The Bertz CT molecular complexity index is 244. The lowest BCUT2D eigenvalue weighted by atomic mass is 10.0. The Labute approximate surface area is 108 Å². The van der Waals surface area contributed by atoms with Gasteiger partial charge in [-0.2, -0.15) is 0 Å². The SMILES string of the molecule is CC(N)C1CCN(C(=O)C2CCCS2)C1.Cl. The van der Waals surface area contributed by atoms with Gasteiger partial charge in [-0.1, -0.05) is 0 Å². The van der Waals surface area contributed by atoms with Crippen LogP contribution < -0.4 is 5.73 Å². The molecule has 0 aliphatic carbocycles. The summed E-state index contributed by atoms with van der Waals surface area (Å²) in [6.45, 7) is 3.85. The number of hydrogen-bond donors (Lipinski definition) is 1. The van der Waals surface area contributed by atoms with Gasteiger partial charge in [0.1, 0.15) is 0 Å². The molecule has 2 saturated heterocycles. The average molecular weight is 265 g/mol. The van der Waals surface area contributed by atoms with E-state index in [9.17, 15) is 4.79 Å². The molecule has 1 amide bonds. The molecule has 0 aromatic heterocycles. The van der Waals surface area contributed by atoms with Crippen LogP contribution in [-0.2, 0) is 4.79 Å². The van der Waals surface area contributed by atoms with E-state index in [0.717, 1.165) is 31.7 Å². The second kappa shape index (κ2) is 6.12. The van der Waals surface area contributed by atoms with E-state index in [4.69, 9.17) is 5.73 Å². The summed E-state index contributed by atoms with van der Waals surface area (Å²) in [4.78, 5) is 14.1. The highest BCUT2D eigenvalue weighted by Gasteiger charge is 2.33. The lowest BCUT2D eigenvalue weighted by Gasteiger charge is -2.21. The predicted octanol–water partition coefficient (Wildman–Crippen LogP) is 1.50. The molecule has 0 aromatic carbocycles. The van der Waals surface area contributed by atoms with Crippen molar-refractivity contribution in [2.45, 2.75) is 37.5 Å². The number of amides is 1. The van der Waals surface area contributed by atoms with Crippen LogP contribution in [0.5, 0.6) is 0 Å². The summed E-state index contributed by atoms with van der Waals surface area (Å²) in [6, 6.07) is 0.221. The minimum atomic E-state index is 0. The number of thioether (sulfide) groups is 1. The van der Waals surface area contributed by atoms with E-state index >= 15 is 0 Å². The number of carbonyl (C=O) groups excluding carboxylic acids is 1. The third kappa shape index (κ3) is 3.05. The minimum Gasteiger partial charge on any atom is -0.341 e. The molecule has 94 valence electrons. The van der Waals surface area contributed by atoms with Crippen LogP contribution in [-0.4, -0.2) is 40.9 Å². The molecule has 0 aromatic rings. The molecule has 0 spiro atoms. The molecule has 3 unspecified atom stereocenters. The van der Waals surface area contributed by atoms with Crippen LogP contribution in [0.25, 0.3) is 0 Å². The Kier molecular flexibility index (Phi) is 5.41. The van der Waals surface area contributed by atoms with Gasteiger partial charge in [-0.3, -0.25) is 4.79 Å². The van der Waals surface area contributed by atoms with E-state index in [-0.39, 0.29) is 23.7 Å². The number of rotatable bonds is 2. The molecule has 2 heterocycles. The Hall–Kier alpha value is 0.0700. The number of hydrogen-bond acceptors (Lipinski definition) is 3. The summed E-state index contributed by atoms with van der Waals surface area (Å²) in [7, 11) is 0. The third-order valence-corrected chi connectivity index (χ3v) is 4.85. The zero-order valence-electron chi connectivity index (χ0n) is 9.72. The summed E-state index contributed by atoms with van der Waals surface area (Å²) in [6.07, 6.45) is 3.36. The molecule has 3 nitrogen and oxygen atoms in total. The van der Waals surface area contributed by atoms with E-state index in [1.165, 1.54) is 6.42 Å². The fraction of sp³-hybridized carbons (Fsp3) is 0.909. The molecule has 2 aliphatic rings. The van der Waals surface area contributed by atoms with Crippen molar-refractivity contribution in [3.05, 3.63) is 0 Å². The lowest BCUT2D eigenvalue weighted by molar-refractivity contribution is -0.129. The maximum absolute atomic E-state index is 12.1. The van der Waals surface area contributed by atoms with Gasteiger partial charge in [0.05, 0.1) is 5.25 Å². The molecular formula is C11H21ClN2OS. The first kappa shape index (κ1) is 14.1. The average Bonchev–Trinajstić information content (AvgIpc) is 2.88. The normalized spacial score (nSPS) is 31.2. The van der Waals surface area contributed by atoms with E-state index in [2.05, 4.69) is 0 Å². The fourth-order valence-electron chi connectivity index (χ4n) is 2.39. The highest BCUT2D eigenvalue weighted by molar-refractivity contribution is 8.00. The molecular weight excluding hydrogens is 244 g/mol. The van der Waals surface area contributed by atoms with Gasteiger partial charge >= 0.3 is 0 Å². The van der Waals surface area contributed by atoms with E-state index in [1.54, 1.807) is 0 Å². The molecule has 0 saturated carbocycles. The van der Waals surface area contributed by atoms with Crippen molar-refractivity contribution in [2.24, 2.45) is 11.7 Å². The van der Waals surface area contributed by atoms with Crippen LogP contribution in [0.2, 0.25) is 0 Å². The quantitative estimate of drug-likeness (QED) is 0.822. The molecule has 2 fully saturated rings. The van der Waals surface area contributed by atoms with Gasteiger partial charge in [0.25, 0.3) is 0 Å². The van der Waals surface area contributed by atoms with Crippen molar-refractivity contribution >= 4 is 30.1 Å². The van der Waals surface area contributed by atoms with Crippen molar-refractivity contribution in [2.75, 3.05) is 18.8 Å². The Morgan fingerprint density at radius 3 is 2.75 bits per heavy atom. The van der Waals surface area contributed by atoms with E-state index < -0.39 is 0 Å². The monoisotopic (exact) mass is 264 g/mol. The van der Waals surface area contributed by atoms with Crippen molar-refractivity contribution in [3.63, 3.8) is 0 Å². The maximum Gasteiger partial charge on any atom is 0.235 e. The van der Waals surface area contributed by atoms with Crippen molar-refractivity contribution in [1.82, 2.24) is 4.90 Å². The van der Waals surface area contributed by atoms with E-state index in [1.807, 2.05) is 23.6 Å². The topological polar surface area (TPSA) is 46.3 Å². The molecule has 3 atom stereocenters. The second-order valence-electron chi connectivity index (χ2n) is 4.69. The maximum atomic E-state index is 12.1. The van der Waals surface area contributed by atoms with Gasteiger partial charge in [0.15, 0.2) is 0 Å².